The van der Waals surface area contributed by atoms with Gasteiger partial charge in [0.1, 0.15) is 11.6 Å². The molecule has 0 spiro atoms. The molecule has 0 radical (unpaired) electrons. The average molecular weight is 325 g/mol. The predicted octanol–water partition coefficient (Wildman–Crippen LogP) is 3.35. The lowest BCUT2D eigenvalue weighted by atomic mass is 10.1. The molecule has 2 aromatic carbocycles. The van der Waals surface area contributed by atoms with Gasteiger partial charge in [-0.2, -0.15) is 0 Å². The molecule has 1 heterocycles. The maximum atomic E-state index is 12.9. The summed E-state index contributed by atoms with van der Waals surface area (Å²) in [6, 6.07) is 14.4. The van der Waals surface area contributed by atoms with Crippen LogP contribution < -0.4 is 5.32 Å². The summed E-state index contributed by atoms with van der Waals surface area (Å²) < 4.78 is 12.9. The number of nitrogens with one attached hydrogen (secondary N) is 1. The molecule has 5 nitrogen and oxygen atoms in total. The van der Waals surface area contributed by atoms with E-state index in [2.05, 4.69) is 15.5 Å². The van der Waals surface area contributed by atoms with Crippen LogP contribution in [0.1, 0.15) is 5.56 Å². The van der Waals surface area contributed by atoms with E-state index < -0.39 is 0 Å². The number of aromatic nitrogens is 2. The highest BCUT2D eigenvalue weighted by Gasteiger charge is 2.03. The second-order valence-electron chi connectivity index (χ2n) is 5.31. The van der Waals surface area contributed by atoms with Gasteiger partial charge in [-0.25, -0.2) is 4.39 Å². The van der Waals surface area contributed by atoms with Crippen LogP contribution in [0.15, 0.2) is 54.6 Å². The standard InChI is InChI=1S/C18H16FN3O2/c19-14-4-2-13(3-5-14)15-6-8-18(22-21-15)20-10-9-12-1-7-16(23)17(24)11-12/h1-8,11,23-24H,9-10H2,(H,20,22). The topological polar surface area (TPSA) is 78.3 Å². The van der Waals surface area contributed by atoms with Gasteiger partial charge in [0.05, 0.1) is 5.69 Å². The molecule has 122 valence electrons. The fourth-order valence-corrected chi connectivity index (χ4v) is 2.26. The van der Waals surface area contributed by atoms with E-state index in [-0.39, 0.29) is 17.3 Å². The lowest BCUT2D eigenvalue weighted by molar-refractivity contribution is 0.403. The van der Waals surface area contributed by atoms with E-state index in [0.717, 1.165) is 11.1 Å². The Bertz CT molecular complexity index is 821. The largest absolute Gasteiger partial charge is 0.504 e. The van der Waals surface area contributed by atoms with E-state index in [1.807, 2.05) is 6.07 Å². The summed E-state index contributed by atoms with van der Waals surface area (Å²) in [4.78, 5) is 0. The van der Waals surface area contributed by atoms with Crippen molar-refractivity contribution in [3.8, 4) is 22.8 Å². The van der Waals surface area contributed by atoms with E-state index in [1.54, 1.807) is 24.3 Å². The lowest BCUT2D eigenvalue weighted by Gasteiger charge is -2.07. The van der Waals surface area contributed by atoms with Gasteiger partial charge in [0.2, 0.25) is 0 Å². The van der Waals surface area contributed by atoms with Crippen LogP contribution >= 0.6 is 0 Å². The molecule has 3 aromatic rings. The predicted molar refractivity (Wildman–Crippen MR) is 89.4 cm³/mol. The number of aromatic hydroxyl groups is 2. The Hall–Kier alpha value is -3.15. The minimum atomic E-state index is -0.287. The SMILES string of the molecule is Oc1ccc(CCNc2ccc(-c3ccc(F)cc3)nn2)cc1O. The van der Waals surface area contributed by atoms with Gasteiger partial charge in [0.15, 0.2) is 11.5 Å². The summed E-state index contributed by atoms with van der Waals surface area (Å²) in [5, 5.41) is 30.1. The van der Waals surface area contributed by atoms with Crippen LogP contribution in [-0.2, 0) is 6.42 Å². The Labute approximate surface area is 138 Å². The highest BCUT2D eigenvalue weighted by atomic mass is 19.1. The maximum absolute atomic E-state index is 12.9. The molecule has 0 unspecified atom stereocenters. The zero-order valence-electron chi connectivity index (χ0n) is 12.8. The Morgan fingerprint density at radius 3 is 2.33 bits per heavy atom. The van der Waals surface area contributed by atoms with Gasteiger partial charge in [0, 0.05) is 12.1 Å². The van der Waals surface area contributed by atoms with Crippen LogP contribution in [0.3, 0.4) is 0 Å². The zero-order valence-corrected chi connectivity index (χ0v) is 12.8. The molecular formula is C18H16FN3O2. The number of phenols is 2. The van der Waals surface area contributed by atoms with Crippen LogP contribution in [0.2, 0.25) is 0 Å². The number of benzene rings is 2. The Balaban J connectivity index is 1.58. The van der Waals surface area contributed by atoms with Crippen molar-refractivity contribution in [2.24, 2.45) is 0 Å². The molecule has 3 rings (SSSR count). The van der Waals surface area contributed by atoms with Gasteiger partial charge in [0.25, 0.3) is 0 Å². The van der Waals surface area contributed by atoms with Crippen molar-refractivity contribution in [2.45, 2.75) is 6.42 Å². The molecule has 0 aliphatic rings. The summed E-state index contributed by atoms with van der Waals surface area (Å²) in [7, 11) is 0. The van der Waals surface area contributed by atoms with Crippen molar-refractivity contribution in [3.63, 3.8) is 0 Å². The van der Waals surface area contributed by atoms with Crippen LogP contribution in [0.25, 0.3) is 11.3 Å². The minimum absolute atomic E-state index is 0.129. The monoisotopic (exact) mass is 325 g/mol. The number of rotatable bonds is 5. The molecular weight excluding hydrogens is 309 g/mol. The normalized spacial score (nSPS) is 10.5. The molecule has 24 heavy (non-hydrogen) atoms. The molecule has 0 saturated carbocycles. The number of hydrogen-bond donors (Lipinski definition) is 3. The highest BCUT2D eigenvalue weighted by molar-refractivity contribution is 5.59. The molecule has 0 saturated heterocycles. The molecule has 0 aliphatic heterocycles. The number of nitrogens with zero attached hydrogens (tertiary/aromatic N) is 2. The van der Waals surface area contributed by atoms with Crippen LogP contribution in [-0.4, -0.2) is 27.0 Å². The number of halogens is 1. The second kappa shape index (κ2) is 6.95. The van der Waals surface area contributed by atoms with E-state index in [9.17, 15) is 14.6 Å². The lowest BCUT2D eigenvalue weighted by Crippen LogP contribution is -2.07. The smallest absolute Gasteiger partial charge is 0.157 e. The molecule has 0 atom stereocenters. The summed E-state index contributed by atoms with van der Waals surface area (Å²) in [6.07, 6.45) is 0.662. The van der Waals surface area contributed by atoms with Crippen molar-refractivity contribution in [1.29, 1.82) is 0 Å². The average Bonchev–Trinajstić information content (AvgIpc) is 2.59. The second-order valence-corrected chi connectivity index (χ2v) is 5.31. The van der Waals surface area contributed by atoms with Crippen LogP contribution in [0.4, 0.5) is 10.2 Å². The van der Waals surface area contributed by atoms with Gasteiger partial charge < -0.3 is 15.5 Å². The van der Waals surface area contributed by atoms with Crippen LogP contribution in [0, 0.1) is 5.82 Å². The third-order valence-electron chi connectivity index (χ3n) is 3.56. The first-order chi connectivity index (χ1) is 11.6. The number of phenolic OH excluding ortho intramolecular Hbond substituents is 2. The number of anilines is 1. The summed E-state index contributed by atoms with van der Waals surface area (Å²) >= 11 is 0. The van der Waals surface area contributed by atoms with Gasteiger partial charge in [-0.15, -0.1) is 10.2 Å². The molecule has 3 N–H and O–H groups in total. The van der Waals surface area contributed by atoms with Crippen molar-refractivity contribution in [3.05, 3.63) is 66.0 Å². The van der Waals surface area contributed by atoms with Crippen LogP contribution in [0.5, 0.6) is 11.5 Å². The fourth-order valence-electron chi connectivity index (χ4n) is 2.26. The third kappa shape index (κ3) is 3.78. The first-order valence-corrected chi connectivity index (χ1v) is 7.46. The van der Waals surface area contributed by atoms with E-state index in [0.29, 0.717) is 24.5 Å². The zero-order chi connectivity index (χ0) is 16.9. The molecule has 0 amide bonds. The molecule has 0 bridgehead atoms. The Kier molecular flexibility index (Phi) is 4.56. The van der Waals surface area contributed by atoms with Crippen molar-refractivity contribution in [1.82, 2.24) is 10.2 Å². The van der Waals surface area contributed by atoms with E-state index in [1.165, 1.54) is 24.3 Å². The summed E-state index contributed by atoms with van der Waals surface area (Å²) in [6.45, 7) is 0.606. The van der Waals surface area contributed by atoms with Crippen molar-refractivity contribution >= 4 is 5.82 Å². The van der Waals surface area contributed by atoms with Gasteiger partial charge in [-0.3, -0.25) is 0 Å². The van der Waals surface area contributed by atoms with Crippen molar-refractivity contribution < 1.29 is 14.6 Å². The number of hydrogen-bond acceptors (Lipinski definition) is 5. The molecule has 0 fully saturated rings. The fraction of sp³-hybridized carbons (Fsp3) is 0.111. The van der Waals surface area contributed by atoms with E-state index in [4.69, 9.17) is 0 Å². The first-order valence-electron chi connectivity index (χ1n) is 7.46. The van der Waals surface area contributed by atoms with E-state index >= 15 is 0 Å². The van der Waals surface area contributed by atoms with Crippen molar-refractivity contribution in [2.75, 3.05) is 11.9 Å². The summed E-state index contributed by atoms with van der Waals surface area (Å²) in [5.41, 5.74) is 2.37. The Morgan fingerprint density at radius 2 is 1.67 bits per heavy atom. The molecule has 1 aromatic heterocycles. The van der Waals surface area contributed by atoms with Gasteiger partial charge in [-0.05, 0) is 60.5 Å². The molecule has 6 heteroatoms. The van der Waals surface area contributed by atoms with Gasteiger partial charge in [-0.1, -0.05) is 6.07 Å². The minimum Gasteiger partial charge on any atom is -0.504 e. The third-order valence-corrected chi connectivity index (χ3v) is 3.56. The Morgan fingerprint density at radius 1 is 0.875 bits per heavy atom. The van der Waals surface area contributed by atoms with Gasteiger partial charge >= 0.3 is 0 Å². The molecule has 0 aliphatic carbocycles. The first kappa shape index (κ1) is 15.7. The highest BCUT2D eigenvalue weighted by Crippen LogP contribution is 2.25. The quantitative estimate of drug-likeness (QED) is 0.627. The summed E-state index contributed by atoms with van der Waals surface area (Å²) in [5.74, 6) is 0.0824. The maximum Gasteiger partial charge on any atom is 0.157 e.